The number of aromatic amines is 1. The molecule has 2 aromatic rings. The highest BCUT2D eigenvalue weighted by atomic mass is 15.0. The number of nitrogens with zero attached hydrogens (tertiary/aromatic N) is 1. The molecule has 0 saturated heterocycles. The van der Waals surface area contributed by atoms with E-state index in [4.69, 9.17) is 0 Å². The summed E-state index contributed by atoms with van der Waals surface area (Å²) in [6.07, 6.45) is 6.11. The number of aromatic nitrogens is 2. The third-order valence-corrected chi connectivity index (χ3v) is 2.14. The zero-order chi connectivity index (χ0) is 8.55. The molecule has 0 spiro atoms. The second kappa shape index (κ2) is 2.63. The first-order valence-electron chi connectivity index (χ1n) is 4.25. The summed E-state index contributed by atoms with van der Waals surface area (Å²) >= 11 is 0. The molecule has 0 saturated carbocycles. The molecule has 0 aromatic carbocycles. The molecular weight excluding hydrogens is 148 g/mol. The maximum absolute atomic E-state index is 3.07. The SMILES string of the molecule is CC(C)c1ccc2c[nH]c[n+]2c1. The molecule has 2 aromatic heterocycles. The summed E-state index contributed by atoms with van der Waals surface area (Å²) in [5.74, 6) is 0.594. The topological polar surface area (TPSA) is 19.9 Å². The van der Waals surface area contributed by atoms with Gasteiger partial charge in [-0.3, -0.25) is 0 Å². The van der Waals surface area contributed by atoms with Gasteiger partial charge >= 0.3 is 0 Å². The summed E-state index contributed by atoms with van der Waals surface area (Å²) in [4.78, 5) is 3.07. The summed E-state index contributed by atoms with van der Waals surface area (Å²) < 4.78 is 2.11. The first-order chi connectivity index (χ1) is 5.77. The average molecular weight is 161 g/mol. The highest BCUT2D eigenvalue weighted by Gasteiger charge is 2.03. The van der Waals surface area contributed by atoms with Crippen LogP contribution in [-0.4, -0.2) is 4.98 Å². The minimum atomic E-state index is 0.594. The lowest BCUT2D eigenvalue weighted by molar-refractivity contribution is -0.511. The van der Waals surface area contributed by atoms with E-state index < -0.39 is 0 Å². The molecule has 0 amide bonds. The number of pyridine rings is 1. The van der Waals surface area contributed by atoms with Gasteiger partial charge in [-0.1, -0.05) is 19.9 Å². The van der Waals surface area contributed by atoms with E-state index in [1.165, 1.54) is 11.1 Å². The Balaban J connectivity index is 2.60. The standard InChI is InChI=1S/C10H12N2/c1-8(2)9-3-4-10-5-11-7-12(10)6-9/h3-8H,1-2H3/p+1. The highest BCUT2D eigenvalue weighted by molar-refractivity contribution is 5.36. The molecule has 0 aliphatic carbocycles. The Morgan fingerprint density at radius 2 is 2.17 bits per heavy atom. The predicted molar refractivity (Wildman–Crippen MR) is 48.0 cm³/mol. The van der Waals surface area contributed by atoms with Crippen molar-refractivity contribution in [2.75, 3.05) is 0 Å². The van der Waals surface area contributed by atoms with Crippen LogP contribution in [0.15, 0.2) is 30.9 Å². The second-order valence-corrected chi connectivity index (χ2v) is 3.39. The Bertz CT molecular complexity index is 387. The van der Waals surface area contributed by atoms with Crippen molar-refractivity contribution in [3.63, 3.8) is 0 Å². The van der Waals surface area contributed by atoms with Crippen LogP contribution < -0.4 is 4.40 Å². The minimum absolute atomic E-state index is 0.594. The lowest BCUT2D eigenvalue weighted by Gasteiger charge is -2.01. The molecule has 0 radical (unpaired) electrons. The molecule has 2 rings (SSSR count). The lowest BCUT2D eigenvalue weighted by atomic mass is 10.1. The molecule has 12 heavy (non-hydrogen) atoms. The third kappa shape index (κ3) is 1.09. The van der Waals surface area contributed by atoms with Crippen LogP contribution in [0.2, 0.25) is 0 Å². The second-order valence-electron chi connectivity index (χ2n) is 3.39. The van der Waals surface area contributed by atoms with Gasteiger partial charge in [-0.25, -0.2) is 9.38 Å². The van der Waals surface area contributed by atoms with Gasteiger partial charge < -0.3 is 0 Å². The smallest absolute Gasteiger partial charge is 0.246 e. The highest BCUT2D eigenvalue weighted by Crippen LogP contribution is 2.11. The number of hydrogen-bond acceptors (Lipinski definition) is 0. The minimum Gasteiger partial charge on any atom is -0.249 e. The molecule has 0 bridgehead atoms. The van der Waals surface area contributed by atoms with E-state index in [0.717, 1.165) is 0 Å². The summed E-state index contributed by atoms with van der Waals surface area (Å²) in [5, 5.41) is 0. The molecule has 62 valence electrons. The largest absolute Gasteiger partial charge is 0.249 e. The Hall–Kier alpha value is -1.31. The van der Waals surface area contributed by atoms with Crippen molar-refractivity contribution < 1.29 is 4.40 Å². The van der Waals surface area contributed by atoms with E-state index in [2.05, 4.69) is 41.6 Å². The van der Waals surface area contributed by atoms with E-state index >= 15 is 0 Å². The first-order valence-corrected chi connectivity index (χ1v) is 4.25. The van der Waals surface area contributed by atoms with Gasteiger partial charge in [0.05, 0.1) is 6.20 Å². The van der Waals surface area contributed by atoms with Crippen LogP contribution in [0.5, 0.6) is 0 Å². The van der Waals surface area contributed by atoms with Crippen LogP contribution >= 0.6 is 0 Å². The van der Waals surface area contributed by atoms with Crippen LogP contribution in [0.25, 0.3) is 5.52 Å². The molecule has 2 heterocycles. The lowest BCUT2D eigenvalue weighted by Crippen LogP contribution is -2.18. The molecule has 0 atom stereocenters. The van der Waals surface area contributed by atoms with Crippen molar-refractivity contribution in [1.82, 2.24) is 4.98 Å². The van der Waals surface area contributed by atoms with E-state index in [1.807, 2.05) is 12.5 Å². The molecular formula is C10H13N2+. The van der Waals surface area contributed by atoms with Crippen molar-refractivity contribution in [2.24, 2.45) is 0 Å². The molecule has 0 aliphatic rings. The number of fused-ring (bicyclic) bond motifs is 1. The molecule has 0 aliphatic heterocycles. The summed E-state index contributed by atoms with van der Waals surface area (Å²) in [6.45, 7) is 4.41. The molecule has 2 nitrogen and oxygen atoms in total. The zero-order valence-electron chi connectivity index (χ0n) is 7.41. The van der Waals surface area contributed by atoms with Gasteiger partial charge in [-0.2, -0.15) is 0 Å². The van der Waals surface area contributed by atoms with Gasteiger partial charge in [0.15, 0.2) is 5.52 Å². The van der Waals surface area contributed by atoms with Crippen LogP contribution in [0.3, 0.4) is 0 Å². The van der Waals surface area contributed by atoms with Crippen LogP contribution in [0.1, 0.15) is 25.3 Å². The first kappa shape index (κ1) is 7.35. The quantitative estimate of drug-likeness (QED) is 0.616. The number of nitrogens with one attached hydrogen (secondary N) is 1. The van der Waals surface area contributed by atoms with Gasteiger partial charge in [0.1, 0.15) is 6.20 Å². The number of rotatable bonds is 1. The molecule has 0 unspecified atom stereocenters. The third-order valence-electron chi connectivity index (χ3n) is 2.14. The summed E-state index contributed by atoms with van der Waals surface area (Å²) in [6, 6.07) is 4.31. The number of imidazole rings is 1. The van der Waals surface area contributed by atoms with E-state index in [1.54, 1.807) is 0 Å². The Morgan fingerprint density at radius 1 is 1.33 bits per heavy atom. The predicted octanol–water partition coefficient (Wildman–Crippen LogP) is 1.88. The maximum atomic E-state index is 3.07. The number of H-pyrrole nitrogens is 1. The molecule has 1 N–H and O–H groups in total. The normalized spacial score (nSPS) is 11.2. The van der Waals surface area contributed by atoms with Gasteiger partial charge in [0, 0.05) is 0 Å². The Kier molecular flexibility index (Phi) is 1.61. The van der Waals surface area contributed by atoms with Crippen molar-refractivity contribution in [2.45, 2.75) is 19.8 Å². The zero-order valence-corrected chi connectivity index (χ0v) is 7.41. The number of hydrogen-bond donors (Lipinski definition) is 1. The Labute approximate surface area is 71.9 Å². The van der Waals surface area contributed by atoms with E-state index in [-0.39, 0.29) is 0 Å². The molecule has 2 heteroatoms. The van der Waals surface area contributed by atoms with Gasteiger partial charge in [0.25, 0.3) is 0 Å². The maximum Gasteiger partial charge on any atom is 0.246 e. The van der Waals surface area contributed by atoms with E-state index in [9.17, 15) is 0 Å². The monoisotopic (exact) mass is 161 g/mol. The van der Waals surface area contributed by atoms with Gasteiger partial charge in [-0.15, -0.1) is 0 Å². The van der Waals surface area contributed by atoms with Crippen molar-refractivity contribution in [3.8, 4) is 0 Å². The van der Waals surface area contributed by atoms with Crippen LogP contribution in [0, 0.1) is 0 Å². The fraction of sp³-hybridized carbons (Fsp3) is 0.300. The van der Waals surface area contributed by atoms with Crippen molar-refractivity contribution in [3.05, 3.63) is 36.4 Å². The van der Waals surface area contributed by atoms with Crippen molar-refractivity contribution >= 4 is 5.52 Å². The average Bonchev–Trinajstić information content (AvgIpc) is 2.49. The summed E-state index contributed by atoms with van der Waals surface area (Å²) in [5.41, 5.74) is 2.58. The van der Waals surface area contributed by atoms with E-state index in [0.29, 0.717) is 5.92 Å². The van der Waals surface area contributed by atoms with Crippen molar-refractivity contribution in [1.29, 1.82) is 0 Å². The van der Waals surface area contributed by atoms with Gasteiger partial charge in [0.2, 0.25) is 6.33 Å². The fourth-order valence-corrected chi connectivity index (χ4v) is 1.32. The Morgan fingerprint density at radius 3 is 2.92 bits per heavy atom. The molecule has 0 fully saturated rings. The van der Waals surface area contributed by atoms with Gasteiger partial charge in [-0.05, 0) is 17.5 Å². The summed E-state index contributed by atoms with van der Waals surface area (Å²) in [7, 11) is 0. The van der Waals surface area contributed by atoms with Crippen LogP contribution in [-0.2, 0) is 0 Å². The fourth-order valence-electron chi connectivity index (χ4n) is 1.32. The van der Waals surface area contributed by atoms with Crippen LogP contribution in [0.4, 0.5) is 0 Å².